The summed E-state index contributed by atoms with van der Waals surface area (Å²) in [5.41, 5.74) is -0.0615. The predicted octanol–water partition coefficient (Wildman–Crippen LogP) is 2.87. The van der Waals surface area contributed by atoms with Crippen molar-refractivity contribution in [3.05, 3.63) is 29.6 Å². The standard InChI is InChI=1S/C16H22N2O3/c1-11(12-7-4-2-3-5-8-12)18-15(19)14-13(16(20)21)9-6-10-17-14/h6,9-12H,2-5,7-8H2,1H3,(H,18,19)(H,20,21)/t11-/m1/s1. The van der Waals surface area contributed by atoms with Crippen LogP contribution >= 0.6 is 0 Å². The summed E-state index contributed by atoms with van der Waals surface area (Å²) >= 11 is 0. The van der Waals surface area contributed by atoms with Crippen molar-refractivity contribution in [2.24, 2.45) is 5.92 Å². The second-order valence-electron chi connectivity index (χ2n) is 5.72. The highest BCUT2D eigenvalue weighted by Gasteiger charge is 2.23. The molecule has 1 aromatic rings. The third kappa shape index (κ3) is 4.03. The zero-order chi connectivity index (χ0) is 15.2. The molecule has 0 aromatic carbocycles. The monoisotopic (exact) mass is 290 g/mol. The van der Waals surface area contributed by atoms with E-state index in [0.29, 0.717) is 5.92 Å². The smallest absolute Gasteiger partial charge is 0.338 e. The molecule has 0 radical (unpaired) electrons. The Bertz CT molecular complexity index is 508. The molecule has 1 fully saturated rings. The second-order valence-corrected chi connectivity index (χ2v) is 5.72. The van der Waals surface area contributed by atoms with E-state index >= 15 is 0 Å². The molecule has 0 unspecified atom stereocenters. The highest BCUT2D eigenvalue weighted by molar-refractivity contribution is 6.03. The van der Waals surface area contributed by atoms with Gasteiger partial charge in [0.2, 0.25) is 0 Å². The molecule has 0 spiro atoms. The summed E-state index contributed by atoms with van der Waals surface area (Å²) in [7, 11) is 0. The molecule has 5 nitrogen and oxygen atoms in total. The number of carboxylic acids is 1. The number of carbonyl (C=O) groups excluding carboxylic acids is 1. The Labute approximate surface area is 124 Å². The Morgan fingerprint density at radius 2 is 1.95 bits per heavy atom. The van der Waals surface area contributed by atoms with Gasteiger partial charge in [-0.25, -0.2) is 4.79 Å². The molecule has 1 aliphatic rings. The van der Waals surface area contributed by atoms with Crippen LogP contribution in [0.15, 0.2) is 18.3 Å². The molecule has 2 N–H and O–H groups in total. The van der Waals surface area contributed by atoms with E-state index in [9.17, 15) is 9.59 Å². The molecule has 114 valence electrons. The van der Waals surface area contributed by atoms with E-state index in [2.05, 4.69) is 10.3 Å². The molecular weight excluding hydrogens is 268 g/mol. The zero-order valence-corrected chi connectivity index (χ0v) is 12.3. The van der Waals surface area contributed by atoms with E-state index in [1.165, 1.54) is 44.0 Å². The van der Waals surface area contributed by atoms with Gasteiger partial charge >= 0.3 is 5.97 Å². The molecule has 2 rings (SSSR count). The Balaban J connectivity index is 2.05. The van der Waals surface area contributed by atoms with Gasteiger partial charge in [0, 0.05) is 12.2 Å². The molecule has 0 bridgehead atoms. The van der Waals surface area contributed by atoms with E-state index in [0.717, 1.165) is 12.8 Å². The van der Waals surface area contributed by atoms with Crippen LogP contribution in [0.4, 0.5) is 0 Å². The van der Waals surface area contributed by atoms with Crippen LogP contribution in [0.5, 0.6) is 0 Å². The van der Waals surface area contributed by atoms with Crippen LogP contribution in [0, 0.1) is 5.92 Å². The van der Waals surface area contributed by atoms with Gasteiger partial charge in [-0.1, -0.05) is 25.7 Å². The number of hydrogen-bond acceptors (Lipinski definition) is 3. The van der Waals surface area contributed by atoms with Gasteiger partial charge in [0.25, 0.3) is 5.91 Å². The minimum Gasteiger partial charge on any atom is -0.478 e. The van der Waals surface area contributed by atoms with Gasteiger partial charge < -0.3 is 10.4 Å². The largest absolute Gasteiger partial charge is 0.478 e. The lowest BCUT2D eigenvalue weighted by atomic mass is 9.93. The molecule has 21 heavy (non-hydrogen) atoms. The van der Waals surface area contributed by atoms with Gasteiger partial charge in [-0.15, -0.1) is 0 Å². The lowest BCUT2D eigenvalue weighted by Crippen LogP contribution is -2.39. The van der Waals surface area contributed by atoms with Crippen LogP contribution in [0.25, 0.3) is 0 Å². The van der Waals surface area contributed by atoms with E-state index in [-0.39, 0.29) is 17.3 Å². The number of aromatic nitrogens is 1. The van der Waals surface area contributed by atoms with Crippen molar-refractivity contribution in [2.75, 3.05) is 0 Å². The van der Waals surface area contributed by atoms with Gasteiger partial charge in [-0.3, -0.25) is 9.78 Å². The summed E-state index contributed by atoms with van der Waals surface area (Å²) in [4.78, 5) is 27.3. The average molecular weight is 290 g/mol. The fourth-order valence-corrected chi connectivity index (χ4v) is 2.96. The maximum Gasteiger partial charge on any atom is 0.338 e. The first-order valence-electron chi connectivity index (χ1n) is 7.58. The number of nitrogens with zero attached hydrogens (tertiary/aromatic N) is 1. The Kier molecular flexibility index (Phi) is 5.31. The lowest BCUT2D eigenvalue weighted by Gasteiger charge is -2.23. The molecule has 1 amide bonds. The quantitative estimate of drug-likeness (QED) is 0.836. The molecular formula is C16H22N2O3. The fourth-order valence-electron chi connectivity index (χ4n) is 2.96. The number of nitrogens with one attached hydrogen (secondary N) is 1. The Hall–Kier alpha value is -1.91. The SMILES string of the molecule is C[C@@H](NC(=O)c1ncccc1C(=O)O)C1CCCCCC1. The van der Waals surface area contributed by atoms with Crippen LogP contribution < -0.4 is 5.32 Å². The van der Waals surface area contributed by atoms with Gasteiger partial charge in [-0.05, 0) is 37.8 Å². The minimum absolute atomic E-state index is 0.00882. The van der Waals surface area contributed by atoms with Crippen molar-refractivity contribution in [3.63, 3.8) is 0 Å². The van der Waals surface area contributed by atoms with Crippen molar-refractivity contribution >= 4 is 11.9 Å². The summed E-state index contributed by atoms with van der Waals surface area (Å²) in [6.45, 7) is 2.00. The van der Waals surface area contributed by atoms with Crippen LogP contribution in [0.3, 0.4) is 0 Å². The summed E-state index contributed by atoms with van der Waals surface area (Å²) < 4.78 is 0. The maximum atomic E-state index is 12.3. The van der Waals surface area contributed by atoms with Crippen molar-refractivity contribution in [2.45, 2.75) is 51.5 Å². The number of aromatic carboxylic acids is 1. The van der Waals surface area contributed by atoms with Gasteiger partial charge in [0.05, 0.1) is 5.56 Å². The average Bonchev–Trinajstić information content (AvgIpc) is 2.76. The van der Waals surface area contributed by atoms with E-state index in [4.69, 9.17) is 5.11 Å². The summed E-state index contributed by atoms with van der Waals surface area (Å²) in [6, 6.07) is 2.97. The number of carbonyl (C=O) groups is 2. The number of hydrogen-bond donors (Lipinski definition) is 2. The van der Waals surface area contributed by atoms with E-state index in [1.807, 2.05) is 6.92 Å². The summed E-state index contributed by atoms with van der Waals surface area (Å²) in [5, 5.41) is 12.0. The number of amides is 1. The third-order valence-corrected chi connectivity index (χ3v) is 4.22. The van der Waals surface area contributed by atoms with Crippen molar-refractivity contribution < 1.29 is 14.7 Å². The minimum atomic E-state index is -1.13. The van der Waals surface area contributed by atoms with E-state index < -0.39 is 11.9 Å². The first-order valence-corrected chi connectivity index (χ1v) is 7.58. The summed E-state index contributed by atoms with van der Waals surface area (Å²) in [6.07, 6.45) is 8.62. The zero-order valence-electron chi connectivity index (χ0n) is 12.3. The van der Waals surface area contributed by atoms with Gasteiger partial charge in [-0.2, -0.15) is 0 Å². The first-order chi connectivity index (χ1) is 10.1. The maximum absolute atomic E-state index is 12.3. The molecule has 1 atom stereocenters. The molecule has 0 aliphatic heterocycles. The Morgan fingerprint density at radius 3 is 2.57 bits per heavy atom. The highest BCUT2D eigenvalue weighted by atomic mass is 16.4. The molecule has 1 aromatic heterocycles. The molecule has 1 saturated carbocycles. The van der Waals surface area contributed by atoms with Gasteiger partial charge in [0.1, 0.15) is 5.69 Å². The van der Waals surface area contributed by atoms with Crippen LogP contribution in [0.1, 0.15) is 66.3 Å². The third-order valence-electron chi connectivity index (χ3n) is 4.22. The predicted molar refractivity (Wildman–Crippen MR) is 79.3 cm³/mol. The number of pyridine rings is 1. The molecule has 0 saturated heterocycles. The van der Waals surface area contributed by atoms with Crippen molar-refractivity contribution in [3.8, 4) is 0 Å². The Morgan fingerprint density at radius 1 is 1.29 bits per heavy atom. The first kappa shape index (κ1) is 15.5. The van der Waals surface area contributed by atoms with Gasteiger partial charge in [0.15, 0.2) is 0 Å². The molecule has 1 heterocycles. The van der Waals surface area contributed by atoms with Crippen LogP contribution in [-0.2, 0) is 0 Å². The number of rotatable bonds is 4. The second kappa shape index (κ2) is 7.20. The van der Waals surface area contributed by atoms with Crippen molar-refractivity contribution in [1.82, 2.24) is 10.3 Å². The molecule has 1 aliphatic carbocycles. The topological polar surface area (TPSA) is 79.3 Å². The normalized spacial score (nSPS) is 17.8. The number of carboxylic acid groups (broad SMARTS) is 1. The van der Waals surface area contributed by atoms with E-state index in [1.54, 1.807) is 0 Å². The summed E-state index contributed by atoms with van der Waals surface area (Å²) in [5.74, 6) is -1.06. The van der Waals surface area contributed by atoms with Crippen LogP contribution in [-0.4, -0.2) is 28.0 Å². The van der Waals surface area contributed by atoms with Crippen LogP contribution in [0.2, 0.25) is 0 Å². The lowest BCUT2D eigenvalue weighted by molar-refractivity contribution is 0.0689. The fraction of sp³-hybridized carbons (Fsp3) is 0.562. The van der Waals surface area contributed by atoms with Crippen molar-refractivity contribution in [1.29, 1.82) is 0 Å². The highest BCUT2D eigenvalue weighted by Crippen LogP contribution is 2.25. The molecule has 5 heteroatoms.